The van der Waals surface area contributed by atoms with E-state index in [0.29, 0.717) is 22.2 Å². The number of rotatable bonds is 5. The number of carbonyl (C=O) groups is 1. The zero-order chi connectivity index (χ0) is 18.6. The molecule has 0 aliphatic rings. The van der Waals surface area contributed by atoms with Crippen LogP contribution in [0, 0.1) is 0 Å². The van der Waals surface area contributed by atoms with E-state index < -0.39 is 0 Å². The number of hydrogen-bond acceptors (Lipinski definition) is 4. The lowest BCUT2D eigenvalue weighted by atomic mass is 10.2. The number of para-hydroxylation sites is 1. The van der Waals surface area contributed by atoms with Crippen molar-refractivity contribution in [1.82, 2.24) is 10.5 Å². The molecule has 0 radical (unpaired) electrons. The lowest BCUT2D eigenvalue weighted by Crippen LogP contribution is -2.20. The number of hydrogen-bond donors (Lipinski definition) is 1. The van der Waals surface area contributed by atoms with Crippen LogP contribution >= 0.6 is 11.6 Å². The minimum Gasteiger partial charge on any atom is -0.453 e. The molecule has 134 valence electrons. The number of furan rings is 1. The predicted molar refractivity (Wildman–Crippen MR) is 104 cm³/mol. The highest BCUT2D eigenvalue weighted by molar-refractivity contribution is 6.32. The van der Waals surface area contributed by atoms with Crippen LogP contribution in [-0.2, 0) is 11.3 Å². The molecule has 1 amide bonds. The number of aromatic nitrogens is 1. The standard InChI is InChI=1S/C21H15ClN2O3/c22-17-7-3-1-5-14(17)9-10-21(25)23-13-16-12-20(27-24-16)19-11-15-6-2-4-8-18(15)26-19/h1-12H,13H2,(H,23,25)/b10-9+. The summed E-state index contributed by atoms with van der Waals surface area (Å²) < 4.78 is 11.1. The molecule has 2 aromatic heterocycles. The number of nitrogens with zero attached hydrogens (tertiary/aromatic N) is 1. The number of fused-ring (bicyclic) bond motifs is 1. The third-order valence-electron chi connectivity index (χ3n) is 3.99. The molecule has 0 atom stereocenters. The molecule has 0 saturated heterocycles. The minimum atomic E-state index is -0.247. The van der Waals surface area contributed by atoms with Crippen LogP contribution in [0.3, 0.4) is 0 Å². The van der Waals surface area contributed by atoms with Gasteiger partial charge >= 0.3 is 0 Å². The highest BCUT2D eigenvalue weighted by Crippen LogP contribution is 2.28. The molecule has 0 unspecified atom stereocenters. The van der Waals surface area contributed by atoms with E-state index in [4.69, 9.17) is 20.5 Å². The number of halogens is 1. The van der Waals surface area contributed by atoms with Gasteiger partial charge in [-0.05, 0) is 29.8 Å². The quantitative estimate of drug-likeness (QED) is 0.492. The molecule has 0 saturated carbocycles. The Morgan fingerprint density at radius 1 is 1.07 bits per heavy atom. The Morgan fingerprint density at radius 3 is 2.74 bits per heavy atom. The predicted octanol–water partition coefficient (Wildman–Crippen LogP) is 5.07. The lowest BCUT2D eigenvalue weighted by molar-refractivity contribution is -0.116. The average Bonchev–Trinajstić information content (AvgIpc) is 3.32. The summed E-state index contributed by atoms with van der Waals surface area (Å²) in [5.41, 5.74) is 2.16. The van der Waals surface area contributed by atoms with Gasteiger partial charge in [0.2, 0.25) is 11.7 Å². The summed E-state index contributed by atoms with van der Waals surface area (Å²) in [6.45, 7) is 0.245. The Kier molecular flexibility index (Phi) is 4.77. The van der Waals surface area contributed by atoms with Crippen LogP contribution in [-0.4, -0.2) is 11.1 Å². The summed E-state index contributed by atoms with van der Waals surface area (Å²) in [4.78, 5) is 12.0. The van der Waals surface area contributed by atoms with Crippen LogP contribution in [0.5, 0.6) is 0 Å². The minimum absolute atomic E-state index is 0.245. The van der Waals surface area contributed by atoms with Gasteiger partial charge in [-0.15, -0.1) is 0 Å². The van der Waals surface area contributed by atoms with E-state index >= 15 is 0 Å². The first-order valence-corrected chi connectivity index (χ1v) is 8.72. The molecule has 2 aromatic carbocycles. The fourth-order valence-electron chi connectivity index (χ4n) is 2.63. The van der Waals surface area contributed by atoms with Crippen molar-refractivity contribution in [2.24, 2.45) is 0 Å². The van der Waals surface area contributed by atoms with Crippen LogP contribution in [0.25, 0.3) is 28.6 Å². The second-order valence-corrected chi connectivity index (χ2v) is 6.31. The van der Waals surface area contributed by atoms with E-state index in [1.807, 2.05) is 48.5 Å². The number of benzene rings is 2. The maximum absolute atomic E-state index is 12.0. The maximum Gasteiger partial charge on any atom is 0.244 e. The second-order valence-electron chi connectivity index (χ2n) is 5.90. The molecule has 2 heterocycles. The van der Waals surface area contributed by atoms with Gasteiger partial charge in [0, 0.05) is 22.6 Å². The van der Waals surface area contributed by atoms with Crippen molar-refractivity contribution in [3.8, 4) is 11.5 Å². The molecule has 4 aromatic rings. The van der Waals surface area contributed by atoms with E-state index in [1.165, 1.54) is 6.08 Å². The molecule has 0 fully saturated rings. The average molecular weight is 379 g/mol. The molecule has 5 nitrogen and oxygen atoms in total. The normalized spacial score (nSPS) is 11.3. The molecule has 4 rings (SSSR count). The maximum atomic E-state index is 12.0. The fraction of sp³-hybridized carbons (Fsp3) is 0.0476. The Bertz CT molecular complexity index is 1090. The monoisotopic (exact) mass is 378 g/mol. The van der Waals surface area contributed by atoms with Crippen molar-refractivity contribution in [3.05, 3.63) is 83.0 Å². The number of carbonyl (C=O) groups excluding carboxylic acids is 1. The lowest BCUT2D eigenvalue weighted by Gasteiger charge is -1.99. The van der Waals surface area contributed by atoms with Crippen LogP contribution in [0.2, 0.25) is 5.02 Å². The topological polar surface area (TPSA) is 68.3 Å². The molecule has 27 heavy (non-hydrogen) atoms. The Hall–Kier alpha value is -3.31. The Labute approximate surface area is 160 Å². The van der Waals surface area contributed by atoms with Crippen molar-refractivity contribution >= 4 is 34.6 Å². The van der Waals surface area contributed by atoms with Gasteiger partial charge in [-0.3, -0.25) is 4.79 Å². The van der Waals surface area contributed by atoms with E-state index in [1.54, 1.807) is 18.2 Å². The summed E-state index contributed by atoms with van der Waals surface area (Å²) >= 11 is 6.06. The smallest absolute Gasteiger partial charge is 0.244 e. The molecule has 0 aliphatic carbocycles. The van der Waals surface area contributed by atoms with E-state index in [9.17, 15) is 4.79 Å². The fourth-order valence-corrected chi connectivity index (χ4v) is 2.83. The van der Waals surface area contributed by atoms with Gasteiger partial charge < -0.3 is 14.3 Å². The summed E-state index contributed by atoms with van der Waals surface area (Å²) in [5, 5.41) is 8.31. The van der Waals surface area contributed by atoms with Crippen LogP contribution in [0.15, 0.2) is 75.7 Å². The van der Waals surface area contributed by atoms with Crippen molar-refractivity contribution in [3.63, 3.8) is 0 Å². The molecule has 0 aliphatic heterocycles. The Balaban J connectivity index is 1.39. The zero-order valence-corrected chi connectivity index (χ0v) is 14.9. The van der Waals surface area contributed by atoms with Gasteiger partial charge in [0.1, 0.15) is 11.3 Å². The first kappa shape index (κ1) is 17.1. The first-order valence-electron chi connectivity index (χ1n) is 8.34. The highest BCUT2D eigenvalue weighted by Gasteiger charge is 2.12. The van der Waals surface area contributed by atoms with Crippen LogP contribution < -0.4 is 5.32 Å². The second kappa shape index (κ2) is 7.51. The molecular formula is C21H15ClN2O3. The molecule has 1 N–H and O–H groups in total. The largest absolute Gasteiger partial charge is 0.453 e. The van der Waals surface area contributed by atoms with Gasteiger partial charge in [0.05, 0.1) is 6.54 Å². The molecular weight excluding hydrogens is 364 g/mol. The zero-order valence-electron chi connectivity index (χ0n) is 14.2. The Morgan fingerprint density at radius 2 is 1.89 bits per heavy atom. The van der Waals surface area contributed by atoms with Gasteiger partial charge in [0.15, 0.2) is 5.76 Å². The summed E-state index contributed by atoms with van der Waals surface area (Å²) in [7, 11) is 0. The third kappa shape index (κ3) is 3.93. The molecule has 0 spiro atoms. The van der Waals surface area contributed by atoms with E-state index in [2.05, 4.69) is 10.5 Å². The van der Waals surface area contributed by atoms with Crippen molar-refractivity contribution in [2.45, 2.75) is 6.54 Å². The van der Waals surface area contributed by atoms with Gasteiger partial charge in [0.25, 0.3) is 0 Å². The molecule has 0 bridgehead atoms. The van der Waals surface area contributed by atoms with E-state index in [0.717, 1.165) is 16.5 Å². The SMILES string of the molecule is O=C(/C=C/c1ccccc1Cl)NCc1cc(-c2cc3ccccc3o2)on1. The summed E-state index contributed by atoms with van der Waals surface area (Å²) in [6.07, 6.45) is 3.10. The van der Waals surface area contributed by atoms with Gasteiger partial charge in [-0.25, -0.2) is 0 Å². The van der Waals surface area contributed by atoms with Crippen molar-refractivity contribution in [2.75, 3.05) is 0 Å². The van der Waals surface area contributed by atoms with Gasteiger partial charge in [-0.2, -0.15) is 0 Å². The third-order valence-corrected chi connectivity index (χ3v) is 4.33. The van der Waals surface area contributed by atoms with Crippen molar-refractivity contribution < 1.29 is 13.7 Å². The van der Waals surface area contributed by atoms with E-state index in [-0.39, 0.29) is 12.5 Å². The van der Waals surface area contributed by atoms with Crippen LogP contribution in [0.4, 0.5) is 0 Å². The number of nitrogens with one attached hydrogen (secondary N) is 1. The number of amides is 1. The van der Waals surface area contributed by atoms with Crippen LogP contribution in [0.1, 0.15) is 11.3 Å². The first-order chi connectivity index (χ1) is 13.2. The molecule has 6 heteroatoms. The van der Waals surface area contributed by atoms with Gasteiger partial charge in [-0.1, -0.05) is 53.2 Å². The highest BCUT2D eigenvalue weighted by atomic mass is 35.5. The summed E-state index contributed by atoms with van der Waals surface area (Å²) in [5.74, 6) is 0.866. The summed E-state index contributed by atoms with van der Waals surface area (Å²) in [6, 6.07) is 18.7. The van der Waals surface area contributed by atoms with Crippen molar-refractivity contribution in [1.29, 1.82) is 0 Å².